The lowest BCUT2D eigenvalue weighted by Gasteiger charge is -2.08. The Bertz CT molecular complexity index is 1150. The van der Waals surface area contributed by atoms with E-state index in [9.17, 15) is 5.26 Å². The van der Waals surface area contributed by atoms with Crippen LogP contribution in [0.15, 0.2) is 66.7 Å². The fraction of sp³-hybridized carbons (Fsp3) is 0.0909. The van der Waals surface area contributed by atoms with Gasteiger partial charge >= 0.3 is 0 Å². The number of hydrogen-bond acceptors (Lipinski definition) is 3. The SMILES string of the molecule is N#Cc1c(Cc2ccc(Cl)cc2)nn(Cc2cccc3ccccc23)c1N. The minimum atomic E-state index is 0.398. The van der Waals surface area contributed by atoms with E-state index in [0.717, 1.165) is 16.5 Å². The molecule has 4 rings (SSSR count). The standard InChI is InChI=1S/C22H17ClN4/c23-18-10-8-15(9-11-18)12-21-20(13-24)22(25)27(26-21)14-17-6-3-5-16-4-1-2-7-19(16)17/h1-11H,12,14,25H2. The molecule has 4 nitrogen and oxygen atoms in total. The van der Waals surface area contributed by atoms with Gasteiger partial charge in [0.2, 0.25) is 0 Å². The van der Waals surface area contributed by atoms with Gasteiger partial charge in [0.15, 0.2) is 0 Å². The van der Waals surface area contributed by atoms with Gasteiger partial charge in [0.1, 0.15) is 17.5 Å². The Morgan fingerprint density at radius 3 is 2.52 bits per heavy atom. The van der Waals surface area contributed by atoms with Crippen LogP contribution >= 0.6 is 11.6 Å². The maximum Gasteiger partial charge on any atom is 0.140 e. The van der Waals surface area contributed by atoms with Gasteiger partial charge in [-0.05, 0) is 34.0 Å². The second-order valence-electron chi connectivity index (χ2n) is 6.42. The van der Waals surface area contributed by atoms with E-state index < -0.39 is 0 Å². The van der Waals surface area contributed by atoms with Crippen molar-refractivity contribution in [3.05, 3.63) is 94.1 Å². The maximum atomic E-state index is 9.57. The Labute approximate surface area is 162 Å². The van der Waals surface area contributed by atoms with Crippen molar-refractivity contribution in [3.8, 4) is 6.07 Å². The van der Waals surface area contributed by atoms with E-state index in [0.29, 0.717) is 35.1 Å². The van der Waals surface area contributed by atoms with Crippen molar-refractivity contribution in [1.82, 2.24) is 9.78 Å². The zero-order valence-electron chi connectivity index (χ0n) is 14.6. The first kappa shape index (κ1) is 17.1. The van der Waals surface area contributed by atoms with Gasteiger partial charge in [-0.15, -0.1) is 0 Å². The summed E-state index contributed by atoms with van der Waals surface area (Å²) < 4.78 is 1.71. The van der Waals surface area contributed by atoms with E-state index in [-0.39, 0.29) is 0 Å². The molecular formula is C22H17ClN4. The quantitative estimate of drug-likeness (QED) is 0.560. The molecule has 1 aromatic heterocycles. The van der Waals surface area contributed by atoms with Gasteiger partial charge in [0, 0.05) is 11.4 Å². The fourth-order valence-electron chi connectivity index (χ4n) is 3.28. The second-order valence-corrected chi connectivity index (χ2v) is 6.85. The zero-order chi connectivity index (χ0) is 18.8. The van der Waals surface area contributed by atoms with Crippen LogP contribution in [-0.4, -0.2) is 9.78 Å². The monoisotopic (exact) mass is 372 g/mol. The topological polar surface area (TPSA) is 67.6 Å². The van der Waals surface area contributed by atoms with E-state index in [1.807, 2.05) is 42.5 Å². The summed E-state index contributed by atoms with van der Waals surface area (Å²) in [4.78, 5) is 0. The number of benzene rings is 3. The number of anilines is 1. The van der Waals surface area contributed by atoms with Crippen LogP contribution in [-0.2, 0) is 13.0 Å². The Hall–Kier alpha value is -3.29. The predicted molar refractivity (Wildman–Crippen MR) is 109 cm³/mol. The van der Waals surface area contributed by atoms with Crippen molar-refractivity contribution in [2.45, 2.75) is 13.0 Å². The highest BCUT2D eigenvalue weighted by Gasteiger charge is 2.16. The third-order valence-electron chi connectivity index (χ3n) is 4.66. The van der Waals surface area contributed by atoms with E-state index in [1.54, 1.807) is 4.68 Å². The molecule has 27 heavy (non-hydrogen) atoms. The number of aromatic nitrogens is 2. The summed E-state index contributed by atoms with van der Waals surface area (Å²) in [5.41, 5.74) is 9.50. The summed E-state index contributed by atoms with van der Waals surface area (Å²) in [5, 5.41) is 17.2. The Morgan fingerprint density at radius 2 is 1.74 bits per heavy atom. The molecule has 132 valence electrons. The van der Waals surface area contributed by atoms with E-state index in [4.69, 9.17) is 17.3 Å². The summed E-state index contributed by atoms with van der Waals surface area (Å²) in [6.07, 6.45) is 0.535. The van der Waals surface area contributed by atoms with Gasteiger partial charge in [-0.25, -0.2) is 4.68 Å². The number of hydrogen-bond donors (Lipinski definition) is 1. The summed E-state index contributed by atoms with van der Waals surface area (Å²) in [6.45, 7) is 0.516. The van der Waals surface area contributed by atoms with Crippen molar-refractivity contribution in [2.24, 2.45) is 0 Å². The van der Waals surface area contributed by atoms with Crippen molar-refractivity contribution in [1.29, 1.82) is 5.26 Å². The molecule has 0 bridgehead atoms. The minimum Gasteiger partial charge on any atom is -0.383 e. The summed E-state index contributed by atoms with van der Waals surface area (Å²) in [6, 6.07) is 24.1. The first-order valence-electron chi connectivity index (χ1n) is 8.62. The second kappa shape index (κ2) is 7.14. The van der Waals surface area contributed by atoms with Gasteiger partial charge < -0.3 is 5.73 Å². The van der Waals surface area contributed by atoms with Crippen LogP contribution in [0.2, 0.25) is 5.02 Å². The molecular weight excluding hydrogens is 356 g/mol. The molecule has 0 spiro atoms. The lowest BCUT2D eigenvalue weighted by Crippen LogP contribution is -2.07. The first-order chi connectivity index (χ1) is 13.2. The molecule has 0 saturated carbocycles. The van der Waals surface area contributed by atoms with Gasteiger partial charge in [-0.3, -0.25) is 0 Å². The Morgan fingerprint density at radius 1 is 1.00 bits per heavy atom. The van der Waals surface area contributed by atoms with E-state index in [1.165, 1.54) is 5.39 Å². The molecule has 4 aromatic rings. The highest BCUT2D eigenvalue weighted by molar-refractivity contribution is 6.30. The van der Waals surface area contributed by atoms with Crippen LogP contribution in [0.3, 0.4) is 0 Å². The summed E-state index contributed by atoms with van der Waals surface area (Å²) in [5.74, 6) is 0.398. The molecule has 0 unspecified atom stereocenters. The normalized spacial score (nSPS) is 10.8. The Balaban J connectivity index is 1.70. The van der Waals surface area contributed by atoms with Crippen LogP contribution in [0.4, 0.5) is 5.82 Å². The lowest BCUT2D eigenvalue weighted by molar-refractivity contribution is 0.688. The zero-order valence-corrected chi connectivity index (χ0v) is 15.3. The van der Waals surface area contributed by atoms with Crippen molar-refractivity contribution >= 4 is 28.2 Å². The molecule has 2 N–H and O–H groups in total. The molecule has 0 atom stereocenters. The van der Waals surface area contributed by atoms with Crippen LogP contribution in [0.1, 0.15) is 22.4 Å². The minimum absolute atomic E-state index is 0.398. The average molecular weight is 373 g/mol. The number of halogens is 1. The molecule has 1 heterocycles. The molecule has 0 aliphatic rings. The van der Waals surface area contributed by atoms with Gasteiger partial charge in [-0.2, -0.15) is 10.4 Å². The van der Waals surface area contributed by atoms with Crippen molar-refractivity contribution in [2.75, 3.05) is 5.73 Å². The average Bonchev–Trinajstić information content (AvgIpc) is 2.98. The molecule has 0 aliphatic carbocycles. The number of nitrogens with zero attached hydrogens (tertiary/aromatic N) is 3. The molecule has 0 amide bonds. The number of fused-ring (bicyclic) bond motifs is 1. The van der Waals surface area contributed by atoms with E-state index in [2.05, 4.69) is 35.4 Å². The summed E-state index contributed by atoms with van der Waals surface area (Å²) in [7, 11) is 0. The Kier molecular flexibility index (Phi) is 4.53. The number of nitrogen functional groups attached to an aromatic ring is 1. The van der Waals surface area contributed by atoms with Crippen LogP contribution < -0.4 is 5.73 Å². The number of rotatable bonds is 4. The van der Waals surface area contributed by atoms with Gasteiger partial charge in [0.05, 0.1) is 12.2 Å². The van der Waals surface area contributed by atoms with Crippen molar-refractivity contribution < 1.29 is 0 Å². The van der Waals surface area contributed by atoms with Crippen LogP contribution in [0.5, 0.6) is 0 Å². The molecule has 0 fully saturated rings. The molecule has 5 heteroatoms. The first-order valence-corrected chi connectivity index (χ1v) is 9.00. The highest BCUT2D eigenvalue weighted by atomic mass is 35.5. The van der Waals surface area contributed by atoms with Gasteiger partial charge in [-0.1, -0.05) is 66.2 Å². The molecule has 3 aromatic carbocycles. The van der Waals surface area contributed by atoms with Crippen LogP contribution in [0.25, 0.3) is 10.8 Å². The molecule has 0 radical (unpaired) electrons. The largest absolute Gasteiger partial charge is 0.383 e. The molecule has 0 aliphatic heterocycles. The lowest BCUT2D eigenvalue weighted by atomic mass is 10.0. The van der Waals surface area contributed by atoms with Gasteiger partial charge in [0.25, 0.3) is 0 Å². The van der Waals surface area contributed by atoms with Crippen molar-refractivity contribution in [3.63, 3.8) is 0 Å². The highest BCUT2D eigenvalue weighted by Crippen LogP contribution is 2.24. The molecule has 0 saturated heterocycles. The van der Waals surface area contributed by atoms with E-state index >= 15 is 0 Å². The summed E-state index contributed by atoms with van der Waals surface area (Å²) >= 11 is 5.95. The smallest absolute Gasteiger partial charge is 0.140 e. The number of nitrogens with two attached hydrogens (primary N) is 1. The maximum absolute atomic E-state index is 9.57. The third kappa shape index (κ3) is 3.38. The van der Waals surface area contributed by atoms with Crippen LogP contribution in [0, 0.1) is 11.3 Å². The third-order valence-corrected chi connectivity index (χ3v) is 4.91. The predicted octanol–water partition coefficient (Wildman–Crippen LogP) is 4.78. The fourth-order valence-corrected chi connectivity index (χ4v) is 3.41. The number of nitriles is 1.